The maximum atomic E-state index is 3.74. The van der Waals surface area contributed by atoms with Crippen LogP contribution in [-0.4, -0.2) is 12.6 Å². The van der Waals surface area contributed by atoms with Crippen molar-refractivity contribution < 1.29 is 0 Å². The largest absolute Gasteiger partial charge is 0.314 e. The van der Waals surface area contributed by atoms with Crippen LogP contribution in [0.1, 0.15) is 66.2 Å². The molecule has 0 amide bonds. The lowest BCUT2D eigenvalue weighted by Crippen LogP contribution is -2.37. The molecule has 2 atom stereocenters. The maximum Gasteiger partial charge on any atom is 0.00955 e. The molecule has 0 aromatic rings. The van der Waals surface area contributed by atoms with Crippen LogP contribution in [0.4, 0.5) is 0 Å². The summed E-state index contributed by atoms with van der Waals surface area (Å²) in [6.07, 6.45) is 8.64. The molecular weight excluding hydrogens is 182 g/mol. The van der Waals surface area contributed by atoms with Crippen molar-refractivity contribution in [2.75, 3.05) is 6.54 Å². The highest BCUT2D eigenvalue weighted by Gasteiger charge is 2.33. The van der Waals surface area contributed by atoms with Crippen LogP contribution in [0.3, 0.4) is 0 Å². The van der Waals surface area contributed by atoms with Crippen LogP contribution in [0, 0.1) is 11.3 Å². The molecule has 1 aliphatic heterocycles. The molecule has 2 aliphatic rings. The van der Waals surface area contributed by atoms with Gasteiger partial charge in [-0.2, -0.15) is 0 Å². The monoisotopic (exact) mass is 211 g/mol. The van der Waals surface area contributed by atoms with Crippen molar-refractivity contribution in [2.24, 2.45) is 11.3 Å². The Hall–Kier alpha value is -0.0400. The molecule has 15 heavy (non-hydrogen) atoms. The van der Waals surface area contributed by atoms with E-state index in [4.69, 9.17) is 0 Å². The van der Waals surface area contributed by atoms with Crippen LogP contribution < -0.4 is 5.32 Å². The van der Waals surface area contributed by atoms with Crippen LogP contribution in [-0.2, 0) is 0 Å². The smallest absolute Gasteiger partial charge is 0.00955 e. The Morgan fingerprint density at radius 3 is 2.47 bits per heavy atom. The van der Waals surface area contributed by atoms with Crippen LogP contribution in [0.2, 0.25) is 0 Å². The van der Waals surface area contributed by atoms with Crippen LogP contribution in [0.25, 0.3) is 0 Å². The Bertz CT molecular complexity index is 174. The van der Waals surface area contributed by atoms with Gasteiger partial charge in [-0.15, -0.1) is 0 Å². The summed E-state index contributed by atoms with van der Waals surface area (Å²) in [5, 5.41) is 3.74. The van der Waals surface area contributed by atoms with Crippen molar-refractivity contribution in [1.82, 2.24) is 5.32 Å². The highest BCUT2D eigenvalue weighted by molar-refractivity contribution is 4.88. The highest BCUT2D eigenvalue weighted by Crippen LogP contribution is 2.38. The van der Waals surface area contributed by atoms with Gasteiger partial charge in [0, 0.05) is 6.04 Å². The number of hydrogen-bond acceptors (Lipinski definition) is 1. The highest BCUT2D eigenvalue weighted by atomic mass is 14.9. The molecule has 0 radical (unpaired) electrons. The Morgan fingerprint density at radius 2 is 1.73 bits per heavy atom. The summed E-state index contributed by atoms with van der Waals surface area (Å²) in [6.45, 7) is 10.1. The summed E-state index contributed by atoms with van der Waals surface area (Å²) >= 11 is 0. The van der Waals surface area contributed by atoms with Gasteiger partial charge in [-0.3, -0.25) is 0 Å². The predicted octanol–water partition coefficient (Wildman–Crippen LogP) is 3.98. The Balaban J connectivity index is 0.000000531. The van der Waals surface area contributed by atoms with Crippen molar-refractivity contribution in [3.8, 4) is 0 Å². The predicted molar refractivity (Wildman–Crippen MR) is 68.1 cm³/mol. The van der Waals surface area contributed by atoms with Crippen LogP contribution >= 0.6 is 0 Å². The second kappa shape index (κ2) is 5.89. The van der Waals surface area contributed by atoms with Gasteiger partial charge in [0.05, 0.1) is 0 Å². The SMILES string of the molecule is CC.CC1(C)CCNC2CCCCC2C1. The summed E-state index contributed by atoms with van der Waals surface area (Å²) in [4.78, 5) is 0. The molecule has 1 N–H and O–H groups in total. The molecule has 0 aromatic heterocycles. The lowest BCUT2D eigenvalue weighted by molar-refractivity contribution is 0.211. The minimum Gasteiger partial charge on any atom is -0.314 e. The first-order valence-electron chi connectivity index (χ1n) is 6.91. The molecule has 1 heteroatoms. The molecular formula is C14H29N. The van der Waals surface area contributed by atoms with Crippen molar-refractivity contribution in [1.29, 1.82) is 0 Å². The van der Waals surface area contributed by atoms with E-state index >= 15 is 0 Å². The summed E-state index contributed by atoms with van der Waals surface area (Å²) in [7, 11) is 0. The Labute approximate surface area is 96.0 Å². The fourth-order valence-corrected chi connectivity index (χ4v) is 3.13. The van der Waals surface area contributed by atoms with Gasteiger partial charge < -0.3 is 5.32 Å². The average molecular weight is 211 g/mol. The van der Waals surface area contributed by atoms with Crippen molar-refractivity contribution in [2.45, 2.75) is 72.3 Å². The van der Waals surface area contributed by atoms with E-state index in [2.05, 4.69) is 19.2 Å². The molecule has 0 bridgehead atoms. The molecule has 0 aromatic carbocycles. The van der Waals surface area contributed by atoms with Gasteiger partial charge in [0.1, 0.15) is 0 Å². The normalized spacial score (nSPS) is 34.4. The second-order valence-electron chi connectivity index (χ2n) is 5.72. The van der Waals surface area contributed by atoms with Gasteiger partial charge in [0.15, 0.2) is 0 Å². The molecule has 1 aliphatic carbocycles. The second-order valence-corrected chi connectivity index (χ2v) is 5.72. The molecule has 1 saturated heterocycles. The van der Waals surface area contributed by atoms with Gasteiger partial charge in [-0.05, 0) is 43.6 Å². The first-order chi connectivity index (χ1) is 7.17. The maximum absolute atomic E-state index is 3.74. The van der Waals surface area contributed by atoms with E-state index < -0.39 is 0 Å². The number of rotatable bonds is 0. The fraction of sp³-hybridized carbons (Fsp3) is 1.00. The third kappa shape index (κ3) is 3.79. The molecule has 1 heterocycles. The first kappa shape index (κ1) is 13.0. The first-order valence-corrected chi connectivity index (χ1v) is 6.91. The lowest BCUT2D eigenvalue weighted by Gasteiger charge is -2.33. The third-order valence-electron chi connectivity index (χ3n) is 3.93. The van der Waals surface area contributed by atoms with Gasteiger partial charge in [-0.25, -0.2) is 0 Å². The van der Waals surface area contributed by atoms with Gasteiger partial charge in [-0.1, -0.05) is 40.5 Å². The summed E-state index contributed by atoms with van der Waals surface area (Å²) < 4.78 is 0. The minimum atomic E-state index is 0.587. The van der Waals surface area contributed by atoms with Gasteiger partial charge in [0.2, 0.25) is 0 Å². The lowest BCUT2D eigenvalue weighted by atomic mass is 9.74. The minimum absolute atomic E-state index is 0.587. The topological polar surface area (TPSA) is 12.0 Å². The Morgan fingerprint density at radius 1 is 1.07 bits per heavy atom. The summed E-state index contributed by atoms with van der Waals surface area (Å²) in [5.74, 6) is 0.978. The number of nitrogens with one attached hydrogen (secondary N) is 1. The Kier molecular flexibility index (Phi) is 5.11. The van der Waals surface area contributed by atoms with E-state index in [-0.39, 0.29) is 0 Å². The van der Waals surface area contributed by atoms with Gasteiger partial charge in [0.25, 0.3) is 0 Å². The van der Waals surface area contributed by atoms with E-state index in [1.807, 2.05) is 13.8 Å². The zero-order valence-corrected chi connectivity index (χ0v) is 11.1. The summed E-state index contributed by atoms with van der Waals surface area (Å²) in [6, 6.07) is 0.857. The number of fused-ring (bicyclic) bond motifs is 1. The molecule has 2 rings (SSSR count). The van der Waals surface area contributed by atoms with E-state index in [9.17, 15) is 0 Å². The quantitative estimate of drug-likeness (QED) is 0.639. The molecule has 2 fully saturated rings. The zero-order valence-electron chi connectivity index (χ0n) is 11.1. The number of hydrogen-bond donors (Lipinski definition) is 1. The van der Waals surface area contributed by atoms with Crippen molar-refractivity contribution in [3.63, 3.8) is 0 Å². The van der Waals surface area contributed by atoms with E-state index in [0.717, 1.165) is 12.0 Å². The van der Waals surface area contributed by atoms with Crippen LogP contribution in [0.5, 0.6) is 0 Å². The zero-order chi connectivity index (χ0) is 11.3. The van der Waals surface area contributed by atoms with E-state index in [1.165, 1.54) is 45.1 Å². The van der Waals surface area contributed by atoms with Crippen LogP contribution in [0.15, 0.2) is 0 Å². The van der Waals surface area contributed by atoms with E-state index in [0.29, 0.717) is 5.41 Å². The van der Waals surface area contributed by atoms with Gasteiger partial charge >= 0.3 is 0 Å². The average Bonchev–Trinajstić information content (AvgIpc) is 2.37. The molecule has 1 nitrogen and oxygen atoms in total. The molecule has 90 valence electrons. The van der Waals surface area contributed by atoms with Crippen molar-refractivity contribution in [3.05, 3.63) is 0 Å². The molecule has 2 unspecified atom stereocenters. The fourth-order valence-electron chi connectivity index (χ4n) is 3.13. The standard InChI is InChI=1S/C12H23N.C2H6/c1-12(2)7-8-13-11-6-4-3-5-10(11)9-12;1-2/h10-11,13H,3-9H2,1-2H3;1-2H3. The molecule has 0 spiro atoms. The molecule has 1 saturated carbocycles. The van der Waals surface area contributed by atoms with E-state index in [1.54, 1.807) is 0 Å². The summed E-state index contributed by atoms with van der Waals surface area (Å²) in [5.41, 5.74) is 0.587. The third-order valence-corrected chi connectivity index (χ3v) is 3.93. The van der Waals surface area contributed by atoms with Crippen molar-refractivity contribution >= 4 is 0 Å².